The van der Waals surface area contributed by atoms with Crippen molar-refractivity contribution in [3.63, 3.8) is 0 Å². The number of carbonyl (C=O) groups is 1. The molecule has 0 aliphatic rings. The molecule has 29 heavy (non-hydrogen) atoms. The number of amides is 1. The molecular formula is C24H33NO4. The molecule has 2 aromatic carbocycles. The lowest BCUT2D eigenvalue weighted by Crippen LogP contribution is -2.35. The van der Waals surface area contributed by atoms with Crippen LogP contribution in [0, 0.1) is 0 Å². The molecule has 0 saturated carbocycles. The monoisotopic (exact) mass is 399 g/mol. The van der Waals surface area contributed by atoms with E-state index < -0.39 is 0 Å². The van der Waals surface area contributed by atoms with Crippen LogP contribution in [0.15, 0.2) is 42.5 Å². The first-order chi connectivity index (χ1) is 13.7. The Bertz CT molecular complexity index is 794. The molecule has 0 spiro atoms. The largest absolute Gasteiger partial charge is 0.493 e. The van der Waals surface area contributed by atoms with Crippen LogP contribution in [0.1, 0.15) is 56.1 Å². The van der Waals surface area contributed by atoms with E-state index in [1.54, 1.807) is 13.2 Å². The fourth-order valence-corrected chi connectivity index (χ4v) is 2.94. The first kappa shape index (κ1) is 22.8. The van der Waals surface area contributed by atoms with Crippen molar-refractivity contribution in [3.8, 4) is 11.5 Å². The molecule has 0 unspecified atom stereocenters. The standard InChI is InChI=1S/C24H33NO4/c1-7-28-22-13-8-18(23(26)25-17(2)15-27-6)14-19(22)16-29-21-11-9-20(10-12-21)24(3,4)5/h8-14,17H,7,15-16H2,1-6H3,(H,25,26)/t17-/m1/s1. The second kappa shape index (κ2) is 10.3. The van der Waals surface area contributed by atoms with Crippen LogP contribution in [0.2, 0.25) is 0 Å². The van der Waals surface area contributed by atoms with Gasteiger partial charge in [0.2, 0.25) is 0 Å². The fourth-order valence-electron chi connectivity index (χ4n) is 2.94. The van der Waals surface area contributed by atoms with E-state index in [-0.39, 0.29) is 17.4 Å². The van der Waals surface area contributed by atoms with Crippen LogP contribution in [0.5, 0.6) is 11.5 Å². The maximum Gasteiger partial charge on any atom is 0.251 e. The van der Waals surface area contributed by atoms with Crippen molar-refractivity contribution in [1.82, 2.24) is 5.32 Å². The van der Waals surface area contributed by atoms with Crippen molar-refractivity contribution in [1.29, 1.82) is 0 Å². The van der Waals surface area contributed by atoms with Gasteiger partial charge < -0.3 is 19.5 Å². The van der Waals surface area contributed by atoms with E-state index in [9.17, 15) is 4.79 Å². The molecular weight excluding hydrogens is 366 g/mol. The smallest absolute Gasteiger partial charge is 0.251 e. The Kier molecular flexibility index (Phi) is 8.09. The highest BCUT2D eigenvalue weighted by Crippen LogP contribution is 2.26. The Morgan fingerprint density at radius 3 is 2.34 bits per heavy atom. The van der Waals surface area contributed by atoms with Gasteiger partial charge in [-0.3, -0.25) is 4.79 Å². The average Bonchev–Trinajstić information content (AvgIpc) is 2.67. The zero-order valence-corrected chi connectivity index (χ0v) is 18.4. The second-order valence-electron chi connectivity index (χ2n) is 8.15. The van der Waals surface area contributed by atoms with E-state index in [1.807, 2.05) is 38.1 Å². The maximum atomic E-state index is 12.5. The maximum absolute atomic E-state index is 12.5. The molecule has 0 heterocycles. The molecule has 2 rings (SSSR count). The molecule has 1 amide bonds. The van der Waals surface area contributed by atoms with Gasteiger partial charge in [0.1, 0.15) is 18.1 Å². The van der Waals surface area contributed by atoms with Crippen LogP contribution in [-0.2, 0) is 16.8 Å². The molecule has 1 atom stereocenters. The van der Waals surface area contributed by atoms with Gasteiger partial charge in [-0.05, 0) is 55.2 Å². The third-order valence-electron chi connectivity index (χ3n) is 4.53. The number of carbonyl (C=O) groups excluding carboxylic acids is 1. The molecule has 158 valence electrons. The Morgan fingerprint density at radius 1 is 1.07 bits per heavy atom. The summed E-state index contributed by atoms with van der Waals surface area (Å²) >= 11 is 0. The van der Waals surface area contributed by atoms with Crippen LogP contribution in [0.25, 0.3) is 0 Å². The summed E-state index contributed by atoms with van der Waals surface area (Å²) in [7, 11) is 1.61. The van der Waals surface area contributed by atoms with E-state index in [4.69, 9.17) is 14.2 Å². The third-order valence-corrected chi connectivity index (χ3v) is 4.53. The molecule has 0 fully saturated rings. The van der Waals surface area contributed by atoms with Gasteiger partial charge in [0.15, 0.2) is 0 Å². The molecule has 0 aliphatic carbocycles. The van der Waals surface area contributed by atoms with E-state index >= 15 is 0 Å². The zero-order valence-electron chi connectivity index (χ0n) is 18.4. The van der Waals surface area contributed by atoms with Crippen molar-refractivity contribution in [2.75, 3.05) is 20.3 Å². The number of benzene rings is 2. The molecule has 0 aromatic heterocycles. The van der Waals surface area contributed by atoms with Crippen LogP contribution in [0.4, 0.5) is 0 Å². The quantitative estimate of drug-likeness (QED) is 0.662. The van der Waals surface area contributed by atoms with E-state index in [2.05, 4.69) is 38.2 Å². The first-order valence-corrected chi connectivity index (χ1v) is 10.0. The Balaban J connectivity index is 2.13. The number of hydrogen-bond donors (Lipinski definition) is 1. The van der Waals surface area contributed by atoms with Gasteiger partial charge >= 0.3 is 0 Å². The lowest BCUT2D eigenvalue weighted by molar-refractivity contribution is 0.0905. The molecule has 5 nitrogen and oxygen atoms in total. The summed E-state index contributed by atoms with van der Waals surface area (Å²) in [6.45, 7) is 11.7. The average molecular weight is 400 g/mol. The van der Waals surface area contributed by atoms with E-state index in [0.29, 0.717) is 25.4 Å². The van der Waals surface area contributed by atoms with Crippen molar-refractivity contribution in [2.24, 2.45) is 0 Å². The summed E-state index contributed by atoms with van der Waals surface area (Å²) in [5.41, 5.74) is 2.75. The van der Waals surface area contributed by atoms with Gasteiger partial charge in [0.25, 0.3) is 5.91 Å². The van der Waals surface area contributed by atoms with Crippen molar-refractivity contribution >= 4 is 5.91 Å². The molecule has 2 aromatic rings. The SMILES string of the molecule is CCOc1ccc(C(=O)N[C@H](C)COC)cc1COc1ccc(C(C)(C)C)cc1. The minimum Gasteiger partial charge on any atom is -0.493 e. The van der Waals surface area contributed by atoms with Crippen LogP contribution < -0.4 is 14.8 Å². The van der Waals surface area contributed by atoms with Gasteiger partial charge in [-0.25, -0.2) is 0 Å². The first-order valence-electron chi connectivity index (χ1n) is 10.0. The summed E-state index contributed by atoms with van der Waals surface area (Å²) < 4.78 is 16.8. The van der Waals surface area contributed by atoms with Gasteiger partial charge in [-0.1, -0.05) is 32.9 Å². The predicted molar refractivity (Wildman–Crippen MR) is 116 cm³/mol. The Hall–Kier alpha value is -2.53. The second-order valence-corrected chi connectivity index (χ2v) is 8.15. The Morgan fingerprint density at radius 2 is 1.76 bits per heavy atom. The summed E-state index contributed by atoms with van der Waals surface area (Å²) in [6, 6.07) is 13.5. The molecule has 1 N–H and O–H groups in total. The summed E-state index contributed by atoms with van der Waals surface area (Å²) in [5.74, 6) is 1.36. The van der Waals surface area contributed by atoms with Crippen LogP contribution in [-0.4, -0.2) is 32.3 Å². The highest BCUT2D eigenvalue weighted by atomic mass is 16.5. The van der Waals surface area contributed by atoms with Gasteiger partial charge in [0.05, 0.1) is 13.2 Å². The summed E-state index contributed by atoms with van der Waals surface area (Å²) in [5, 5.41) is 2.92. The highest BCUT2D eigenvalue weighted by Gasteiger charge is 2.15. The Labute approximate surface area is 174 Å². The topological polar surface area (TPSA) is 56.8 Å². The predicted octanol–water partition coefficient (Wildman–Crippen LogP) is 4.73. The van der Waals surface area contributed by atoms with Gasteiger partial charge in [-0.15, -0.1) is 0 Å². The van der Waals surface area contributed by atoms with Crippen molar-refractivity contribution in [2.45, 2.75) is 52.7 Å². The number of hydrogen-bond acceptors (Lipinski definition) is 4. The van der Waals surface area contributed by atoms with Crippen LogP contribution >= 0.6 is 0 Å². The zero-order chi connectivity index (χ0) is 21.4. The summed E-state index contributed by atoms with van der Waals surface area (Å²) in [4.78, 5) is 12.5. The van der Waals surface area contributed by atoms with Gasteiger partial charge in [-0.2, -0.15) is 0 Å². The lowest BCUT2D eigenvalue weighted by atomic mass is 9.87. The minimum absolute atomic E-state index is 0.0694. The number of methoxy groups -OCH3 is 1. The molecule has 5 heteroatoms. The van der Waals surface area contributed by atoms with Crippen molar-refractivity contribution < 1.29 is 19.0 Å². The summed E-state index contributed by atoms with van der Waals surface area (Å²) in [6.07, 6.45) is 0. The van der Waals surface area contributed by atoms with Gasteiger partial charge in [0, 0.05) is 24.3 Å². The molecule has 0 bridgehead atoms. The van der Waals surface area contributed by atoms with Crippen LogP contribution in [0.3, 0.4) is 0 Å². The van der Waals surface area contributed by atoms with Crippen molar-refractivity contribution in [3.05, 3.63) is 59.2 Å². The van der Waals surface area contributed by atoms with E-state index in [1.165, 1.54) is 5.56 Å². The molecule has 0 radical (unpaired) electrons. The number of nitrogens with one attached hydrogen (secondary N) is 1. The molecule has 0 saturated heterocycles. The lowest BCUT2D eigenvalue weighted by Gasteiger charge is -2.19. The number of rotatable bonds is 9. The minimum atomic E-state index is -0.145. The molecule has 0 aliphatic heterocycles. The highest BCUT2D eigenvalue weighted by molar-refractivity contribution is 5.94. The van der Waals surface area contributed by atoms with E-state index in [0.717, 1.165) is 17.1 Å². The third kappa shape index (κ3) is 6.79. The fraction of sp³-hybridized carbons (Fsp3) is 0.458. The number of ether oxygens (including phenoxy) is 3. The normalized spacial score (nSPS) is 12.3.